The lowest BCUT2D eigenvalue weighted by Crippen LogP contribution is -2.35. The van der Waals surface area contributed by atoms with Crippen molar-refractivity contribution >= 4 is 22.3 Å². The van der Waals surface area contributed by atoms with Crippen LogP contribution in [0.1, 0.15) is 35.6 Å². The van der Waals surface area contributed by atoms with E-state index < -0.39 is 0 Å². The topological polar surface area (TPSA) is 74.1 Å². The van der Waals surface area contributed by atoms with Crippen molar-refractivity contribution in [2.24, 2.45) is 0 Å². The monoisotopic (exact) mass is 419 g/mol. The van der Waals surface area contributed by atoms with Gasteiger partial charge in [0.1, 0.15) is 5.82 Å². The number of hydrogen-bond acceptors (Lipinski definition) is 7. The molecule has 0 spiro atoms. The first-order valence-corrected chi connectivity index (χ1v) is 11.1. The Bertz CT molecular complexity index is 977. The number of piperidine rings is 1. The van der Waals surface area contributed by atoms with Gasteiger partial charge in [0.15, 0.2) is 5.13 Å². The molecule has 0 atom stereocenters. The lowest BCUT2D eigenvalue weighted by Gasteiger charge is -2.31. The average molecular weight is 420 g/mol. The average Bonchev–Trinajstić information content (AvgIpc) is 3.26. The number of nitrogens with one attached hydrogen (secondary N) is 1. The summed E-state index contributed by atoms with van der Waals surface area (Å²) in [5.41, 5.74) is 2.96. The van der Waals surface area contributed by atoms with E-state index in [-0.39, 0.29) is 0 Å². The van der Waals surface area contributed by atoms with E-state index >= 15 is 0 Å². The van der Waals surface area contributed by atoms with Crippen LogP contribution in [-0.4, -0.2) is 41.1 Å². The van der Waals surface area contributed by atoms with Gasteiger partial charge >= 0.3 is 0 Å². The second-order valence-corrected chi connectivity index (χ2v) is 8.26. The Morgan fingerprint density at radius 2 is 2.03 bits per heavy atom. The van der Waals surface area contributed by atoms with E-state index in [1.54, 1.807) is 29.7 Å². The van der Waals surface area contributed by atoms with Gasteiger partial charge in [0.25, 0.3) is 0 Å². The Balaban J connectivity index is 1.20. The molecule has 3 heterocycles. The predicted molar refractivity (Wildman–Crippen MR) is 119 cm³/mol. The van der Waals surface area contributed by atoms with Crippen LogP contribution < -0.4 is 5.32 Å². The van der Waals surface area contributed by atoms with E-state index in [1.807, 2.05) is 18.2 Å². The quantitative estimate of drug-likeness (QED) is 0.540. The Morgan fingerprint density at radius 1 is 1.20 bits per heavy atom. The molecule has 1 aliphatic heterocycles. The second kappa shape index (κ2) is 10.3. The van der Waals surface area contributed by atoms with Gasteiger partial charge in [-0.3, -0.25) is 0 Å². The van der Waals surface area contributed by atoms with Gasteiger partial charge in [-0.25, -0.2) is 9.97 Å². The number of aromatic nitrogens is 2. The number of nitrogens with zero attached hydrogens (tertiary/aromatic N) is 4. The number of benzene rings is 1. The summed E-state index contributed by atoms with van der Waals surface area (Å²) in [5.74, 6) is 1.15. The van der Waals surface area contributed by atoms with Crippen molar-refractivity contribution in [3.8, 4) is 6.07 Å². The maximum atomic E-state index is 9.01. The molecule has 1 N–H and O–H groups in total. The molecule has 6 nitrogen and oxygen atoms in total. The summed E-state index contributed by atoms with van der Waals surface area (Å²) in [7, 11) is 0. The molecule has 30 heavy (non-hydrogen) atoms. The van der Waals surface area contributed by atoms with Crippen molar-refractivity contribution in [1.82, 2.24) is 14.9 Å². The molecule has 154 valence electrons. The molecule has 1 saturated heterocycles. The van der Waals surface area contributed by atoms with Gasteiger partial charge in [0.2, 0.25) is 0 Å². The zero-order valence-corrected chi connectivity index (χ0v) is 17.6. The zero-order valence-electron chi connectivity index (χ0n) is 16.8. The molecule has 0 bridgehead atoms. The fourth-order valence-electron chi connectivity index (χ4n) is 3.62. The summed E-state index contributed by atoms with van der Waals surface area (Å²) in [4.78, 5) is 11.5. The molecule has 0 radical (unpaired) electrons. The molecule has 0 saturated carbocycles. The molecular weight excluding hydrogens is 394 g/mol. The molecule has 7 heteroatoms. The van der Waals surface area contributed by atoms with Crippen LogP contribution in [0.15, 0.2) is 54.0 Å². The van der Waals surface area contributed by atoms with Gasteiger partial charge in [-0.2, -0.15) is 5.26 Å². The number of rotatable bonds is 8. The zero-order chi connectivity index (χ0) is 20.6. The smallest absolute Gasteiger partial charge is 0.188 e. The molecule has 3 aromatic rings. The van der Waals surface area contributed by atoms with Crippen molar-refractivity contribution < 1.29 is 4.74 Å². The normalized spacial score (nSPS) is 15.0. The van der Waals surface area contributed by atoms with E-state index in [2.05, 4.69) is 38.8 Å². The molecule has 0 aliphatic carbocycles. The Kier molecular flexibility index (Phi) is 7.03. The number of anilines is 2. The lowest BCUT2D eigenvalue weighted by molar-refractivity contribution is 0.0838. The fraction of sp³-hybridized carbons (Fsp3) is 0.348. The second-order valence-electron chi connectivity index (χ2n) is 7.40. The van der Waals surface area contributed by atoms with Crippen LogP contribution in [0.5, 0.6) is 0 Å². The summed E-state index contributed by atoms with van der Waals surface area (Å²) >= 11 is 1.59. The summed E-state index contributed by atoms with van der Waals surface area (Å²) in [6.45, 7) is 4.57. The summed E-state index contributed by atoms with van der Waals surface area (Å²) < 4.78 is 5.82. The van der Waals surface area contributed by atoms with Crippen LogP contribution in [0.3, 0.4) is 0 Å². The third-order valence-electron chi connectivity index (χ3n) is 5.32. The molecule has 1 aromatic carbocycles. The first-order chi connectivity index (χ1) is 14.8. The minimum absolute atomic E-state index is 0.497. The van der Waals surface area contributed by atoms with Crippen molar-refractivity contribution in [1.29, 1.82) is 5.26 Å². The molecule has 1 fully saturated rings. The Morgan fingerprint density at radius 3 is 2.83 bits per heavy atom. The van der Waals surface area contributed by atoms with Gasteiger partial charge in [-0.1, -0.05) is 30.3 Å². The summed E-state index contributed by atoms with van der Waals surface area (Å²) in [6.07, 6.45) is 3.86. The highest BCUT2D eigenvalue weighted by Crippen LogP contribution is 2.31. The number of ether oxygens (including phenoxy) is 1. The van der Waals surface area contributed by atoms with Crippen LogP contribution >= 0.6 is 11.3 Å². The van der Waals surface area contributed by atoms with Crippen LogP contribution in [0, 0.1) is 11.3 Å². The maximum absolute atomic E-state index is 9.01. The van der Waals surface area contributed by atoms with Crippen molar-refractivity contribution in [3.05, 3.63) is 70.9 Å². The predicted octanol–water partition coefficient (Wildman–Crippen LogP) is 4.55. The molecule has 0 amide bonds. The fourth-order valence-corrected chi connectivity index (χ4v) is 4.42. The Hall–Kier alpha value is -2.79. The molecule has 1 aliphatic rings. The number of thiazole rings is 1. The number of nitriles is 1. The minimum Gasteiger partial charge on any atom is -0.375 e. The lowest BCUT2D eigenvalue weighted by atomic mass is 9.94. The Labute approximate surface area is 181 Å². The van der Waals surface area contributed by atoms with E-state index in [4.69, 9.17) is 15.0 Å². The number of likely N-dealkylation sites (tertiary alicyclic amines) is 1. The SMILES string of the molecule is N#Cc1ccnc(Nc2nc(C3CCN(CCOCc4ccccc4)CC3)cs2)c1. The molecule has 4 rings (SSSR count). The van der Waals surface area contributed by atoms with Crippen LogP contribution in [0.25, 0.3) is 0 Å². The van der Waals surface area contributed by atoms with Gasteiger partial charge in [0.05, 0.1) is 30.5 Å². The molecular formula is C23H25N5OS. The molecule has 0 unspecified atom stereocenters. The van der Waals surface area contributed by atoms with Crippen molar-refractivity contribution in [3.63, 3.8) is 0 Å². The highest BCUT2D eigenvalue weighted by molar-refractivity contribution is 7.13. The van der Waals surface area contributed by atoms with Crippen LogP contribution in [0.2, 0.25) is 0 Å². The highest BCUT2D eigenvalue weighted by Gasteiger charge is 2.22. The first-order valence-electron chi connectivity index (χ1n) is 10.2. The third-order valence-corrected chi connectivity index (χ3v) is 6.09. The van der Waals surface area contributed by atoms with E-state index in [0.717, 1.165) is 49.9 Å². The van der Waals surface area contributed by atoms with E-state index in [1.165, 1.54) is 5.56 Å². The van der Waals surface area contributed by atoms with E-state index in [9.17, 15) is 0 Å². The largest absolute Gasteiger partial charge is 0.375 e. The van der Waals surface area contributed by atoms with E-state index in [0.29, 0.717) is 23.9 Å². The first kappa shape index (κ1) is 20.5. The van der Waals surface area contributed by atoms with Crippen molar-refractivity contribution in [2.45, 2.75) is 25.4 Å². The van der Waals surface area contributed by atoms with Gasteiger partial charge < -0.3 is 15.0 Å². The van der Waals surface area contributed by atoms with Gasteiger partial charge in [-0.15, -0.1) is 11.3 Å². The summed E-state index contributed by atoms with van der Waals surface area (Å²) in [5, 5.41) is 15.2. The number of hydrogen-bond donors (Lipinski definition) is 1. The summed E-state index contributed by atoms with van der Waals surface area (Å²) in [6, 6.07) is 15.9. The standard InChI is InChI=1S/C23H25N5OS/c24-15-19-6-9-25-22(14-19)27-23-26-21(17-30-23)20-7-10-28(11-8-20)12-13-29-16-18-4-2-1-3-5-18/h1-6,9,14,17,20H,7-8,10-13,16H2,(H,25,26,27). The minimum atomic E-state index is 0.497. The maximum Gasteiger partial charge on any atom is 0.188 e. The van der Waals surface area contributed by atoms with Crippen molar-refractivity contribution in [2.75, 3.05) is 31.6 Å². The molecule has 2 aromatic heterocycles. The van der Waals surface area contributed by atoms with Gasteiger partial charge in [0, 0.05) is 24.0 Å². The number of pyridine rings is 1. The third kappa shape index (κ3) is 5.63. The highest BCUT2D eigenvalue weighted by atomic mass is 32.1. The van der Waals surface area contributed by atoms with Gasteiger partial charge in [-0.05, 0) is 43.6 Å². The van der Waals surface area contributed by atoms with Crippen LogP contribution in [-0.2, 0) is 11.3 Å². The van der Waals surface area contributed by atoms with Crippen LogP contribution in [0.4, 0.5) is 10.9 Å².